The summed E-state index contributed by atoms with van der Waals surface area (Å²) in [5.74, 6) is 0.145. The minimum atomic E-state index is -0.181. The lowest BCUT2D eigenvalue weighted by atomic mass is 10.0. The van der Waals surface area contributed by atoms with Gasteiger partial charge in [-0.05, 0) is 31.7 Å². The van der Waals surface area contributed by atoms with Crippen LogP contribution in [0.15, 0.2) is 12.4 Å². The molecule has 1 atom stereocenters. The highest BCUT2D eigenvalue weighted by molar-refractivity contribution is 5.92. The number of amides is 1. The molecular formula is C13H21N3O2. The number of aryl methyl sites for hydroxylation is 1. The molecule has 1 unspecified atom stereocenters. The molecule has 1 heterocycles. The maximum absolute atomic E-state index is 11.8. The molecular weight excluding hydrogens is 230 g/mol. The Hall–Kier alpha value is -1.49. The van der Waals surface area contributed by atoms with Gasteiger partial charge < -0.3 is 10.4 Å². The minimum Gasteiger partial charge on any atom is -0.396 e. The Kier molecular flexibility index (Phi) is 6.28. The SMILES string of the molecule is CCCC(CCO)CNC(=O)c1cc(C)ncn1. The van der Waals surface area contributed by atoms with Crippen LogP contribution in [-0.4, -0.2) is 34.1 Å². The van der Waals surface area contributed by atoms with Crippen LogP contribution >= 0.6 is 0 Å². The molecule has 1 amide bonds. The van der Waals surface area contributed by atoms with Gasteiger partial charge in [0.25, 0.3) is 5.91 Å². The van der Waals surface area contributed by atoms with E-state index in [1.807, 2.05) is 6.92 Å². The molecule has 0 aliphatic heterocycles. The molecule has 0 radical (unpaired) electrons. The molecule has 100 valence electrons. The molecule has 18 heavy (non-hydrogen) atoms. The van der Waals surface area contributed by atoms with Crippen molar-refractivity contribution in [3.05, 3.63) is 23.8 Å². The van der Waals surface area contributed by atoms with Crippen molar-refractivity contribution in [3.63, 3.8) is 0 Å². The number of aliphatic hydroxyl groups excluding tert-OH is 1. The summed E-state index contributed by atoms with van der Waals surface area (Å²) in [6, 6.07) is 1.66. The zero-order valence-electron chi connectivity index (χ0n) is 11.0. The van der Waals surface area contributed by atoms with Gasteiger partial charge in [-0.15, -0.1) is 0 Å². The van der Waals surface area contributed by atoms with E-state index in [0.29, 0.717) is 18.2 Å². The second kappa shape index (κ2) is 7.76. The summed E-state index contributed by atoms with van der Waals surface area (Å²) < 4.78 is 0. The van der Waals surface area contributed by atoms with E-state index in [1.165, 1.54) is 6.33 Å². The van der Waals surface area contributed by atoms with Crippen LogP contribution in [0.2, 0.25) is 0 Å². The molecule has 1 aromatic heterocycles. The van der Waals surface area contributed by atoms with Crippen molar-refractivity contribution in [1.82, 2.24) is 15.3 Å². The first-order valence-electron chi connectivity index (χ1n) is 6.35. The number of hydrogen-bond donors (Lipinski definition) is 2. The monoisotopic (exact) mass is 251 g/mol. The number of carbonyl (C=O) groups is 1. The van der Waals surface area contributed by atoms with Gasteiger partial charge in [0, 0.05) is 18.8 Å². The zero-order valence-corrected chi connectivity index (χ0v) is 11.0. The summed E-state index contributed by atoms with van der Waals surface area (Å²) in [5.41, 5.74) is 1.16. The molecule has 0 aliphatic carbocycles. The van der Waals surface area contributed by atoms with Gasteiger partial charge in [0.1, 0.15) is 12.0 Å². The standard InChI is InChI=1S/C13H21N3O2/c1-3-4-11(5-6-17)8-14-13(18)12-7-10(2)15-9-16-12/h7,9,11,17H,3-6,8H2,1-2H3,(H,14,18). The van der Waals surface area contributed by atoms with Gasteiger partial charge >= 0.3 is 0 Å². The molecule has 0 saturated carbocycles. The molecule has 5 heteroatoms. The van der Waals surface area contributed by atoms with Crippen molar-refractivity contribution < 1.29 is 9.90 Å². The number of hydrogen-bond acceptors (Lipinski definition) is 4. The third kappa shape index (κ3) is 4.79. The highest BCUT2D eigenvalue weighted by Gasteiger charge is 2.11. The predicted molar refractivity (Wildman–Crippen MR) is 69.2 cm³/mol. The van der Waals surface area contributed by atoms with Gasteiger partial charge in [-0.1, -0.05) is 13.3 Å². The van der Waals surface area contributed by atoms with Crippen LogP contribution in [0.3, 0.4) is 0 Å². The van der Waals surface area contributed by atoms with Crippen LogP contribution in [0.5, 0.6) is 0 Å². The van der Waals surface area contributed by atoms with Crippen LogP contribution < -0.4 is 5.32 Å². The van der Waals surface area contributed by atoms with Gasteiger partial charge in [0.15, 0.2) is 0 Å². The second-order valence-electron chi connectivity index (χ2n) is 4.42. The second-order valence-corrected chi connectivity index (χ2v) is 4.42. The lowest BCUT2D eigenvalue weighted by Crippen LogP contribution is -2.30. The molecule has 1 rings (SSSR count). The normalized spacial score (nSPS) is 12.2. The Bertz CT molecular complexity index is 376. The van der Waals surface area contributed by atoms with Crippen LogP contribution in [0.1, 0.15) is 42.4 Å². The summed E-state index contributed by atoms with van der Waals surface area (Å²) in [7, 11) is 0. The molecule has 0 bridgehead atoms. The first-order chi connectivity index (χ1) is 8.67. The van der Waals surface area contributed by atoms with Crippen LogP contribution in [0.25, 0.3) is 0 Å². The molecule has 2 N–H and O–H groups in total. The van der Waals surface area contributed by atoms with E-state index < -0.39 is 0 Å². The summed E-state index contributed by atoms with van der Waals surface area (Å²) in [5, 5.41) is 11.8. The van der Waals surface area contributed by atoms with Crippen LogP contribution in [0, 0.1) is 12.8 Å². The van der Waals surface area contributed by atoms with Gasteiger partial charge in [0.2, 0.25) is 0 Å². The summed E-state index contributed by atoms with van der Waals surface area (Å²) in [4.78, 5) is 19.7. The number of aromatic nitrogens is 2. The Morgan fingerprint density at radius 2 is 2.22 bits per heavy atom. The third-order valence-corrected chi connectivity index (χ3v) is 2.82. The van der Waals surface area contributed by atoms with Crippen LogP contribution in [-0.2, 0) is 0 Å². The minimum absolute atomic E-state index is 0.160. The molecule has 0 aromatic carbocycles. The van der Waals surface area contributed by atoms with Crippen LogP contribution in [0.4, 0.5) is 0 Å². The van der Waals surface area contributed by atoms with E-state index in [-0.39, 0.29) is 12.5 Å². The number of carbonyl (C=O) groups excluding carboxylic acids is 1. The summed E-state index contributed by atoms with van der Waals surface area (Å²) in [6.45, 7) is 4.66. The van der Waals surface area contributed by atoms with E-state index in [9.17, 15) is 4.79 Å². The smallest absolute Gasteiger partial charge is 0.270 e. The Morgan fingerprint density at radius 3 is 2.83 bits per heavy atom. The predicted octanol–water partition coefficient (Wildman–Crippen LogP) is 1.31. The largest absolute Gasteiger partial charge is 0.396 e. The average Bonchev–Trinajstić information content (AvgIpc) is 2.36. The maximum Gasteiger partial charge on any atom is 0.270 e. The number of rotatable bonds is 7. The van der Waals surface area contributed by atoms with Gasteiger partial charge in [-0.3, -0.25) is 4.79 Å². The van der Waals surface area contributed by atoms with Crippen molar-refractivity contribution in [2.45, 2.75) is 33.1 Å². The maximum atomic E-state index is 11.8. The lowest BCUT2D eigenvalue weighted by Gasteiger charge is -2.15. The summed E-state index contributed by atoms with van der Waals surface area (Å²) in [6.07, 6.45) is 4.16. The van der Waals surface area contributed by atoms with Crippen molar-refractivity contribution in [2.75, 3.05) is 13.2 Å². The van der Waals surface area contributed by atoms with E-state index in [0.717, 1.165) is 25.0 Å². The first kappa shape index (κ1) is 14.6. The number of nitrogens with zero attached hydrogens (tertiary/aromatic N) is 2. The number of nitrogens with one attached hydrogen (secondary N) is 1. The molecule has 0 aliphatic rings. The van der Waals surface area contributed by atoms with Gasteiger partial charge in [-0.2, -0.15) is 0 Å². The Balaban J connectivity index is 2.49. The zero-order chi connectivity index (χ0) is 13.4. The molecule has 1 aromatic rings. The van der Waals surface area contributed by atoms with Gasteiger partial charge in [0.05, 0.1) is 0 Å². The fourth-order valence-electron chi connectivity index (χ4n) is 1.85. The van der Waals surface area contributed by atoms with E-state index in [4.69, 9.17) is 5.11 Å². The summed E-state index contributed by atoms with van der Waals surface area (Å²) >= 11 is 0. The fourth-order valence-corrected chi connectivity index (χ4v) is 1.85. The highest BCUT2D eigenvalue weighted by Crippen LogP contribution is 2.09. The molecule has 5 nitrogen and oxygen atoms in total. The average molecular weight is 251 g/mol. The van der Waals surface area contributed by atoms with E-state index in [2.05, 4.69) is 22.2 Å². The third-order valence-electron chi connectivity index (χ3n) is 2.82. The van der Waals surface area contributed by atoms with E-state index in [1.54, 1.807) is 6.07 Å². The first-order valence-corrected chi connectivity index (χ1v) is 6.35. The lowest BCUT2D eigenvalue weighted by molar-refractivity contribution is 0.0937. The Labute approximate surface area is 108 Å². The van der Waals surface area contributed by atoms with Crippen molar-refractivity contribution in [1.29, 1.82) is 0 Å². The van der Waals surface area contributed by atoms with Crippen molar-refractivity contribution >= 4 is 5.91 Å². The quantitative estimate of drug-likeness (QED) is 0.766. The van der Waals surface area contributed by atoms with Gasteiger partial charge in [-0.25, -0.2) is 9.97 Å². The van der Waals surface area contributed by atoms with E-state index >= 15 is 0 Å². The fraction of sp³-hybridized carbons (Fsp3) is 0.615. The number of aliphatic hydroxyl groups is 1. The molecule has 0 fully saturated rings. The Morgan fingerprint density at radius 1 is 1.44 bits per heavy atom. The van der Waals surface area contributed by atoms with Crippen molar-refractivity contribution in [2.24, 2.45) is 5.92 Å². The highest BCUT2D eigenvalue weighted by atomic mass is 16.3. The van der Waals surface area contributed by atoms with Crippen molar-refractivity contribution in [3.8, 4) is 0 Å². The molecule has 0 saturated heterocycles. The molecule has 0 spiro atoms. The topological polar surface area (TPSA) is 75.1 Å².